The van der Waals surface area contributed by atoms with E-state index in [2.05, 4.69) is 63.0 Å². The van der Waals surface area contributed by atoms with Crippen molar-refractivity contribution >= 4 is 29.7 Å². The zero-order valence-electron chi connectivity index (χ0n) is 19.7. The SMILES string of the molecule is CC(C)OC=O.CNc1c(C)nsc1-c1ccc(-c2ccc(C3(C(=O)OC)CC3)cc2)cc1. The fourth-order valence-corrected chi connectivity index (χ4v) is 4.60. The van der Waals surface area contributed by atoms with Gasteiger partial charge < -0.3 is 14.8 Å². The van der Waals surface area contributed by atoms with Gasteiger partial charge in [0.1, 0.15) is 0 Å². The van der Waals surface area contributed by atoms with Crippen LogP contribution in [0.1, 0.15) is 37.9 Å². The first-order valence-corrected chi connectivity index (χ1v) is 11.7. The quantitative estimate of drug-likeness (QED) is 0.361. The van der Waals surface area contributed by atoms with Crippen LogP contribution in [0.2, 0.25) is 0 Å². The lowest BCUT2D eigenvalue weighted by atomic mass is 9.93. The van der Waals surface area contributed by atoms with Crippen LogP contribution in [0.3, 0.4) is 0 Å². The van der Waals surface area contributed by atoms with Crippen LogP contribution in [0.4, 0.5) is 5.69 Å². The van der Waals surface area contributed by atoms with Crippen LogP contribution in [0.5, 0.6) is 0 Å². The average molecular weight is 467 g/mol. The standard InChI is InChI=1S/C22H22N2O2S.C4H8O2/c1-14-19(23-2)20(27-24-14)17-6-4-15(5-7-17)16-8-10-18(11-9-16)22(12-13-22)21(25)26-3;1-4(2)6-3-5/h4-11,23H,12-13H2,1-3H3;3-4H,1-2H3. The molecule has 0 radical (unpaired) electrons. The van der Waals surface area contributed by atoms with E-state index in [1.807, 2.05) is 14.0 Å². The van der Waals surface area contributed by atoms with E-state index in [-0.39, 0.29) is 12.1 Å². The second-order valence-electron chi connectivity index (χ2n) is 8.23. The van der Waals surface area contributed by atoms with Crippen LogP contribution in [0.25, 0.3) is 21.6 Å². The van der Waals surface area contributed by atoms with E-state index >= 15 is 0 Å². The highest BCUT2D eigenvalue weighted by Gasteiger charge is 2.52. The van der Waals surface area contributed by atoms with Gasteiger partial charge in [0.2, 0.25) is 0 Å². The molecule has 1 aromatic heterocycles. The third-order valence-corrected chi connectivity index (χ3v) is 6.67. The van der Waals surface area contributed by atoms with Crippen LogP contribution < -0.4 is 5.32 Å². The normalized spacial score (nSPS) is 13.5. The number of aromatic nitrogens is 1. The summed E-state index contributed by atoms with van der Waals surface area (Å²) in [6.45, 7) is 6.07. The molecule has 0 aliphatic heterocycles. The van der Waals surface area contributed by atoms with Crippen LogP contribution in [-0.2, 0) is 24.5 Å². The van der Waals surface area contributed by atoms with E-state index in [1.54, 1.807) is 13.8 Å². The summed E-state index contributed by atoms with van der Waals surface area (Å²) in [5.74, 6) is -0.125. The Morgan fingerprint density at radius 3 is 2.03 bits per heavy atom. The van der Waals surface area contributed by atoms with Gasteiger partial charge >= 0.3 is 5.97 Å². The first kappa shape index (κ1) is 24.5. The van der Waals surface area contributed by atoms with Crippen molar-refractivity contribution in [1.29, 1.82) is 0 Å². The Morgan fingerprint density at radius 2 is 1.61 bits per heavy atom. The van der Waals surface area contributed by atoms with Crippen molar-refractivity contribution in [2.24, 2.45) is 0 Å². The van der Waals surface area contributed by atoms with Crippen molar-refractivity contribution < 1.29 is 19.1 Å². The van der Waals surface area contributed by atoms with E-state index in [0.717, 1.165) is 51.4 Å². The zero-order chi connectivity index (χ0) is 24.0. The second-order valence-corrected chi connectivity index (χ2v) is 9.00. The molecule has 1 aliphatic carbocycles. The van der Waals surface area contributed by atoms with Crippen molar-refractivity contribution in [2.45, 2.75) is 45.1 Å². The summed E-state index contributed by atoms with van der Waals surface area (Å²) in [7, 11) is 3.39. The molecule has 2 aromatic carbocycles. The molecule has 0 saturated heterocycles. The van der Waals surface area contributed by atoms with E-state index in [4.69, 9.17) is 4.74 Å². The lowest BCUT2D eigenvalue weighted by Crippen LogP contribution is -2.21. The highest BCUT2D eigenvalue weighted by Crippen LogP contribution is 2.49. The maximum atomic E-state index is 12.0. The molecule has 6 nitrogen and oxygen atoms in total. The first-order valence-electron chi connectivity index (χ1n) is 10.9. The molecule has 174 valence electrons. The number of nitrogens with one attached hydrogen (secondary N) is 1. The number of carbonyl (C=O) groups is 2. The summed E-state index contributed by atoms with van der Waals surface area (Å²) in [4.78, 5) is 22.6. The number of esters is 1. The van der Waals surface area contributed by atoms with E-state index in [0.29, 0.717) is 6.47 Å². The topological polar surface area (TPSA) is 77.5 Å². The zero-order valence-corrected chi connectivity index (χ0v) is 20.5. The number of benzene rings is 2. The van der Waals surface area contributed by atoms with Crippen LogP contribution >= 0.6 is 11.5 Å². The fourth-order valence-electron chi connectivity index (χ4n) is 3.70. The van der Waals surface area contributed by atoms with Gasteiger partial charge in [0, 0.05) is 7.05 Å². The van der Waals surface area contributed by atoms with E-state index < -0.39 is 5.41 Å². The number of hydrogen-bond donors (Lipinski definition) is 1. The van der Waals surface area contributed by atoms with Gasteiger partial charge in [0.25, 0.3) is 6.47 Å². The molecule has 4 rings (SSSR count). The average Bonchev–Trinajstić information content (AvgIpc) is 3.56. The van der Waals surface area contributed by atoms with Crippen molar-refractivity contribution in [2.75, 3.05) is 19.5 Å². The van der Waals surface area contributed by atoms with Gasteiger partial charge in [-0.15, -0.1) is 0 Å². The molecule has 1 fully saturated rings. The number of rotatable bonds is 7. The first-order chi connectivity index (χ1) is 15.9. The van der Waals surface area contributed by atoms with Gasteiger partial charge in [-0.05, 0) is 67.4 Å². The summed E-state index contributed by atoms with van der Waals surface area (Å²) >= 11 is 1.52. The van der Waals surface area contributed by atoms with Crippen molar-refractivity contribution in [3.05, 3.63) is 59.8 Å². The summed E-state index contributed by atoms with van der Waals surface area (Å²) < 4.78 is 13.8. The largest absolute Gasteiger partial charge is 0.468 e. The molecule has 0 spiro atoms. The molecular formula is C26H30N2O4S. The van der Waals surface area contributed by atoms with Gasteiger partial charge in [-0.2, -0.15) is 4.37 Å². The van der Waals surface area contributed by atoms with Crippen molar-refractivity contribution in [1.82, 2.24) is 4.37 Å². The molecule has 33 heavy (non-hydrogen) atoms. The molecule has 1 aliphatic rings. The predicted octanol–water partition coefficient (Wildman–Crippen LogP) is 5.60. The molecule has 1 saturated carbocycles. The maximum Gasteiger partial charge on any atom is 0.316 e. The minimum absolute atomic E-state index is 0.0301. The van der Waals surface area contributed by atoms with Crippen LogP contribution in [0, 0.1) is 6.92 Å². The van der Waals surface area contributed by atoms with Gasteiger partial charge in [0.05, 0.1) is 34.9 Å². The number of carbonyl (C=O) groups excluding carboxylic acids is 2. The van der Waals surface area contributed by atoms with E-state index in [9.17, 15) is 9.59 Å². The number of methoxy groups -OCH3 is 1. The second kappa shape index (κ2) is 10.6. The van der Waals surface area contributed by atoms with Crippen LogP contribution in [-0.4, -0.2) is 37.1 Å². The number of ether oxygens (including phenoxy) is 2. The van der Waals surface area contributed by atoms with Crippen molar-refractivity contribution in [3.63, 3.8) is 0 Å². The van der Waals surface area contributed by atoms with E-state index in [1.165, 1.54) is 18.6 Å². The number of aryl methyl sites for hydroxylation is 1. The Morgan fingerprint density at radius 1 is 1.06 bits per heavy atom. The monoisotopic (exact) mass is 466 g/mol. The van der Waals surface area contributed by atoms with Crippen LogP contribution in [0.15, 0.2) is 48.5 Å². The Kier molecular flexibility index (Phi) is 7.87. The fraction of sp³-hybridized carbons (Fsp3) is 0.346. The molecule has 0 bridgehead atoms. The van der Waals surface area contributed by atoms with Crippen molar-refractivity contribution in [3.8, 4) is 21.6 Å². The summed E-state index contributed by atoms with van der Waals surface area (Å²) in [5, 5.41) is 3.24. The number of anilines is 1. The Bertz CT molecular complexity index is 1080. The molecular weight excluding hydrogens is 436 g/mol. The minimum atomic E-state index is -0.412. The summed E-state index contributed by atoms with van der Waals surface area (Å²) in [6, 6.07) is 16.8. The molecule has 1 N–H and O–H groups in total. The third-order valence-electron chi connectivity index (χ3n) is 5.68. The highest BCUT2D eigenvalue weighted by atomic mass is 32.1. The maximum absolute atomic E-state index is 12.0. The summed E-state index contributed by atoms with van der Waals surface area (Å²) in [6.07, 6.45) is 1.77. The molecule has 3 aromatic rings. The van der Waals surface area contributed by atoms with Gasteiger partial charge in [-0.1, -0.05) is 48.5 Å². The Hall–Kier alpha value is -3.19. The highest BCUT2D eigenvalue weighted by molar-refractivity contribution is 7.10. The molecule has 0 atom stereocenters. The lowest BCUT2D eigenvalue weighted by Gasteiger charge is -2.13. The Labute approximate surface area is 199 Å². The number of nitrogens with zero attached hydrogens (tertiary/aromatic N) is 1. The van der Waals surface area contributed by atoms with Gasteiger partial charge in [-0.3, -0.25) is 9.59 Å². The minimum Gasteiger partial charge on any atom is -0.468 e. The molecule has 1 heterocycles. The Balaban J connectivity index is 0.000000454. The molecule has 0 unspecified atom stereocenters. The number of hydrogen-bond acceptors (Lipinski definition) is 7. The smallest absolute Gasteiger partial charge is 0.316 e. The molecule has 7 heteroatoms. The lowest BCUT2D eigenvalue weighted by molar-refractivity contribution is -0.143. The molecule has 0 amide bonds. The third kappa shape index (κ3) is 5.42. The predicted molar refractivity (Wildman–Crippen MR) is 132 cm³/mol. The summed E-state index contributed by atoms with van der Waals surface area (Å²) in [5.41, 5.74) is 6.21. The van der Waals surface area contributed by atoms with Gasteiger partial charge in [-0.25, -0.2) is 0 Å². The van der Waals surface area contributed by atoms with Gasteiger partial charge in [0.15, 0.2) is 0 Å².